The molecule has 3 rings (SSSR count). The molecule has 0 bridgehead atoms. The first-order valence-electron chi connectivity index (χ1n) is 9.92. The number of unbranched alkanes of at least 4 members (excludes halogenated alkanes) is 2. The lowest BCUT2D eigenvalue weighted by atomic mass is 10.1. The van der Waals surface area contributed by atoms with Crippen molar-refractivity contribution < 1.29 is 14.7 Å². The summed E-state index contributed by atoms with van der Waals surface area (Å²) in [5.74, 6) is 0.598. The molecular formula is C21H26N6O3. The molecule has 0 aliphatic heterocycles. The predicted octanol–water partition coefficient (Wildman–Crippen LogP) is 3.47. The molecule has 0 radical (unpaired) electrons. The molecule has 9 heteroatoms. The van der Waals surface area contributed by atoms with E-state index in [9.17, 15) is 14.7 Å². The molecule has 0 aliphatic rings. The Bertz CT molecular complexity index is 950. The highest BCUT2D eigenvalue weighted by atomic mass is 16.4. The van der Waals surface area contributed by atoms with Crippen molar-refractivity contribution in [2.75, 3.05) is 7.05 Å². The molecular weight excluding hydrogens is 384 g/mol. The lowest BCUT2D eigenvalue weighted by Crippen LogP contribution is -2.27. The van der Waals surface area contributed by atoms with Gasteiger partial charge >= 0.3 is 6.09 Å². The number of nitrogens with one attached hydrogen (secondary N) is 4. The van der Waals surface area contributed by atoms with E-state index in [0.29, 0.717) is 18.7 Å². The van der Waals surface area contributed by atoms with Crippen LogP contribution in [0.5, 0.6) is 0 Å². The number of rotatable bonds is 10. The molecule has 1 aromatic carbocycles. The second-order valence-corrected chi connectivity index (χ2v) is 7.00. The van der Waals surface area contributed by atoms with E-state index in [1.54, 1.807) is 19.4 Å². The van der Waals surface area contributed by atoms with Crippen LogP contribution < -0.4 is 10.6 Å². The van der Waals surface area contributed by atoms with Crippen molar-refractivity contribution in [2.45, 2.75) is 38.1 Å². The third-order valence-corrected chi connectivity index (χ3v) is 4.91. The summed E-state index contributed by atoms with van der Waals surface area (Å²) in [6.07, 6.45) is 5.81. The van der Waals surface area contributed by atoms with Crippen LogP contribution in [0.15, 0.2) is 42.7 Å². The molecule has 2 aromatic heterocycles. The second kappa shape index (κ2) is 10.2. The van der Waals surface area contributed by atoms with Gasteiger partial charge in [0, 0.05) is 19.7 Å². The fourth-order valence-electron chi connectivity index (χ4n) is 3.27. The Morgan fingerprint density at radius 3 is 2.43 bits per heavy atom. The predicted molar refractivity (Wildman–Crippen MR) is 113 cm³/mol. The number of carboxylic acid groups (broad SMARTS) is 1. The van der Waals surface area contributed by atoms with Gasteiger partial charge in [-0.05, 0) is 30.0 Å². The minimum absolute atomic E-state index is 0.0180. The van der Waals surface area contributed by atoms with Crippen LogP contribution >= 0.6 is 0 Å². The highest BCUT2D eigenvalue weighted by Gasteiger charge is 2.18. The minimum Gasteiger partial charge on any atom is -0.465 e. The zero-order chi connectivity index (χ0) is 21.3. The topological polar surface area (TPSA) is 136 Å². The second-order valence-electron chi connectivity index (χ2n) is 7.00. The summed E-state index contributed by atoms with van der Waals surface area (Å²) in [6.45, 7) is 0. The number of carbonyl (C=O) groups excluding carboxylic acids is 1. The number of H-pyrrole nitrogens is 2. The van der Waals surface area contributed by atoms with Crippen molar-refractivity contribution in [3.05, 3.63) is 48.5 Å². The number of aromatic amines is 2. The first kappa shape index (κ1) is 21.1. The molecule has 2 heterocycles. The molecule has 5 N–H and O–H groups in total. The van der Waals surface area contributed by atoms with Crippen LogP contribution in [-0.4, -0.2) is 44.3 Å². The van der Waals surface area contributed by atoms with Crippen LogP contribution in [0.2, 0.25) is 0 Å². The number of aromatic nitrogens is 4. The molecule has 2 amide bonds. The van der Waals surface area contributed by atoms with Gasteiger partial charge < -0.3 is 20.7 Å². The van der Waals surface area contributed by atoms with Crippen LogP contribution in [0.3, 0.4) is 0 Å². The highest BCUT2D eigenvalue weighted by molar-refractivity contribution is 5.75. The van der Waals surface area contributed by atoms with Gasteiger partial charge in [-0.3, -0.25) is 9.89 Å². The van der Waals surface area contributed by atoms with Gasteiger partial charge in [-0.1, -0.05) is 37.1 Å². The molecule has 158 valence electrons. The quantitative estimate of drug-likeness (QED) is 0.326. The van der Waals surface area contributed by atoms with E-state index in [4.69, 9.17) is 0 Å². The summed E-state index contributed by atoms with van der Waals surface area (Å²) in [6, 6.07) is 9.41. The first-order valence-corrected chi connectivity index (χ1v) is 9.92. The van der Waals surface area contributed by atoms with Crippen molar-refractivity contribution in [2.24, 2.45) is 0 Å². The van der Waals surface area contributed by atoms with E-state index >= 15 is 0 Å². The number of hydrogen-bond donors (Lipinski definition) is 5. The van der Waals surface area contributed by atoms with Gasteiger partial charge in [0.1, 0.15) is 5.82 Å². The van der Waals surface area contributed by atoms with E-state index in [0.717, 1.165) is 41.8 Å². The van der Waals surface area contributed by atoms with Gasteiger partial charge in [0.05, 0.1) is 23.6 Å². The summed E-state index contributed by atoms with van der Waals surface area (Å²) in [5.41, 5.74) is 3.74. The summed E-state index contributed by atoms with van der Waals surface area (Å²) >= 11 is 0. The van der Waals surface area contributed by atoms with Crippen molar-refractivity contribution in [1.29, 1.82) is 0 Å². The molecule has 0 spiro atoms. The van der Waals surface area contributed by atoms with Gasteiger partial charge in [0.2, 0.25) is 5.91 Å². The third-order valence-electron chi connectivity index (χ3n) is 4.91. The number of amides is 2. The van der Waals surface area contributed by atoms with Crippen LogP contribution in [0.1, 0.15) is 44.0 Å². The van der Waals surface area contributed by atoms with E-state index in [-0.39, 0.29) is 5.91 Å². The maximum atomic E-state index is 11.3. The lowest BCUT2D eigenvalue weighted by Gasteiger charge is -2.14. The van der Waals surface area contributed by atoms with Crippen LogP contribution in [0.4, 0.5) is 4.79 Å². The summed E-state index contributed by atoms with van der Waals surface area (Å²) in [4.78, 5) is 30.1. The Labute approximate surface area is 174 Å². The van der Waals surface area contributed by atoms with Gasteiger partial charge in [0.25, 0.3) is 0 Å². The lowest BCUT2D eigenvalue weighted by molar-refractivity contribution is -0.120. The van der Waals surface area contributed by atoms with Crippen LogP contribution in [0.25, 0.3) is 22.5 Å². The smallest absolute Gasteiger partial charge is 0.405 e. The number of nitrogens with zero attached hydrogens (tertiary/aromatic N) is 2. The minimum atomic E-state index is -1.09. The maximum absolute atomic E-state index is 11.3. The monoisotopic (exact) mass is 410 g/mol. The van der Waals surface area contributed by atoms with Crippen LogP contribution in [0, 0.1) is 0 Å². The van der Waals surface area contributed by atoms with Crippen molar-refractivity contribution in [3.63, 3.8) is 0 Å². The fourth-order valence-corrected chi connectivity index (χ4v) is 3.27. The van der Waals surface area contributed by atoms with Crippen molar-refractivity contribution >= 4 is 12.0 Å². The van der Waals surface area contributed by atoms with E-state index in [1.165, 1.54) is 0 Å². The Balaban J connectivity index is 1.63. The van der Waals surface area contributed by atoms with Crippen LogP contribution in [-0.2, 0) is 4.79 Å². The molecule has 9 nitrogen and oxygen atoms in total. The van der Waals surface area contributed by atoms with E-state index in [2.05, 4.69) is 30.8 Å². The van der Waals surface area contributed by atoms with Gasteiger partial charge in [-0.25, -0.2) is 9.78 Å². The zero-order valence-corrected chi connectivity index (χ0v) is 16.8. The van der Waals surface area contributed by atoms with Gasteiger partial charge in [-0.2, -0.15) is 5.10 Å². The molecule has 1 atom stereocenters. The Hall–Kier alpha value is -3.62. The Morgan fingerprint density at radius 1 is 1.07 bits per heavy atom. The fraction of sp³-hybridized carbons (Fsp3) is 0.333. The number of benzene rings is 1. The SMILES string of the molecule is CNC(=O)CCCCCC(NC(=O)O)c1ncc(-c2ccc(-c3ccn[nH]3)cc2)[nH]1. The molecule has 30 heavy (non-hydrogen) atoms. The Kier molecular flexibility index (Phi) is 7.20. The molecule has 1 unspecified atom stereocenters. The standard InChI is InChI=1S/C21H26N6O3/c1-22-19(28)6-4-2-3-5-17(26-21(29)30)20-23-13-18(25-20)15-9-7-14(8-10-15)16-11-12-24-27-16/h7-13,17,26H,2-6H2,1H3,(H,22,28)(H,23,25)(H,24,27)(H,29,30). The summed E-state index contributed by atoms with van der Waals surface area (Å²) in [5, 5.41) is 21.2. The average molecular weight is 410 g/mol. The average Bonchev–Trinajstić information content (AvgIpc) is 3.44. The Morgan fingerprint density at radius 2 is 1.80 bits per heavy atom. The number of hydrogen-bond acceptors (Lipinski definition) is 4. The number of carbonyl (C=O) groups is 2. The maximum Gasteiger partial charge on any atom is 0.405 e. The van der Waals surface area contributed by atoms with E-state index < -0.39 is 12.1 Å². The highest BCUT2D eigenvalue weighted by Crippen LogP contribution is 2.25. The normalized spacial score (nSPS) is 11.8. The number of imidazole rings is 1. The van der Waals surface area contributed by atoms with Gasteiger partial charge in [-0.15, -0.1) is 0 Å². The molecule has 0 fully saturated rings. The zero-order valence-electron chi connectivity index (χ0n) is 16.8. The molecule has 0 aliphatic carbocycles. The molecule has 0 saturated carbocycles. The summed E-state index contributed by atoms with van der Waals surface area (Å²) < 4.78 is 0. The molecule has 0 saturated heterocycles. The van der Waals surface area contributed by atoms with Crippen molar-refractivity contribution in [1.82, 2.24) is 30.8 Å². The summed E-state index contributed by atoms with van der Waals surface area (Å²) in [7, 11) is 1.62. The first-order chi connectivity index (χ1) is 14.6. The molecule has 3 aromatic rings. The van der Waals surface area contributed by atoms with Gasteiger partial charge in [0.15, 0.2) is 0 Å². The van der Waals surface area contributed by atoms with E-state index in [1.807, 2.05) is 30.3 Å². The largest absolute Gasteiger partial charge is 0.465 e. The van der Waals surface area contributed by atoms with Crippen molar-refractivity contribution in [3.8, 4) is 22.5 Å². The third kappa shape index (κ3) is 5.69.